The molecule has 4 nitrogen and oxygen atoms in total. The maximum atomic E-state index is 11.7. The van der Waals surface area contributed by atoms with Crippen molar-refractivity contribution in [3.8, 4) is 0 Å². The molecule has 1 unspecified atom stereocenters. The molecule has 1 amide bonds. The predicted octanol–water partition coefficient (Wildman–Crippen LogP) is 1.07. The lowest BCUT2D eigenvalue weighted by Gasteiger charge is -2.23. The Bertz CT molecular complexity index is 363. The number of ether oxygens (including phenoxy) is 1. The van der Waals surface area contributed by atoms with Gasteiger partial charge in [-0.3, -0.25) is 4.79 Å². The third-order valence-electron chi connectivity index (χ3n) is 2.32. The van der Waals surface area contributed by atoms with Gasteiger partial charge in [-0.15, -0.1) is 11.3 Å². The molecule has 2 N–H and O–H groups in total. The van der Waals surface area contributed by atoms with Crippen molar-refractivity contribution in [3.05, 3.63) is 19.9 Å². The Morgan fingerprint density at radius 3 is 3.25 bits per heavy atom. The van der Waals surface area contributed by atoms with Crippen LogP contribution in [0.2, 0.25) is 0 Å². The van der Waals surface area contributed by atoms with Crippen molar-refractivity contribution in [1.82, 2.24) is 10.6 Å². The number of thiophene rings is 1. The van der Waals surface area contributed by atoms with Crippen LogP contribution in [0.15, 0.2) is 11.4 Å². The first-order valence-electron chi connectivity index (χ1n) is 5.10. The average molecular weight is 352 g/mol. The van der Waals surface area contributed by atoms with E-state index in [1.165, 1.54) is 0 Å². The summed E-state index contributed by atoms with van der Waals surface area (Å²) >= 11 is 3.79. The van der Waals surface area contributed by atoms with Crippen LogP contribution >= 0.6 is 33.9 Å². The van der Waals surface area contributed by atoms with Crippen LogP contribution in [0.5, 0.6) is 0 Å². The van der Waals surface area contributed by atoms with Crippen LogP contribution in [0, 0.1) is 2.88 Å². The smallest absolute Gasteiger partial charge is 0.252 e. The van der Waals surface area contributed by atoms with Crippen LogP contribution in [-0.2, 0) is 4.74 Å². The van der Waals surface area contributed by atoms with Crippen molar-refractivity contribution in [2.24, 2.45) is 0 Å². The summed E-state index contributed by atoms with van der Waals surface area (Å²) in [5.41, 5.74) is 0.734. The lowest BCUT2D eigenvalue weighted by molar-refractivity contribution is 0.0287. The molecule has 1 saturated heterocycles. The molecule has 1 aromatic heterocycles. The lowest BCUT2D eigenvalue weighted by atomic mass is 10.3. The van der Waals surface area contributed by atoms with Gasteiger partial charge in [0.25, 0.3) is 5.91 Å². The van der Waals surface area contributed by atoms with Crippen LogP contribution in [-0.4, -0.2) is 38.3 Å². The molecule has 1 fully saturated rings. The number of morpholine rings is 1. The minimum atomic E-state index is -0.0201. The van der Waals surface area contributed by atoms with Crippen molar-refractivity contribution in [3.63, 3.8) is 0 Å². The zero-order chi connectivity index (χ0) is 11.4. The van der Waals surface area contributed by atoms with Gasteiger partial charge in [-0.05, 0) is 28.7 Å². The first-order valence-corrected chi connectivity index (χ1v) is 7.06. The molecule has 0 aliphatic carbocycles. The quantitative estimate of drug-likeness (QED) is 0.801. The van der Waals surface area contributed by atoms with E-state index in [-0.39, 0.29) is 12.0 Å². The van der Waals surface area contributed by atoms with E-state index in [4.69, 9.17) is 4.74 Å². The van der Waals surface area contributed by atoms with Crippen molar-refractivity contribution in [2.45, 2.75) is 6.10 Å². The van der Waals surface area contributed by atoms with Gasteiger partial charge in [0.1, 0.15) is 0 Å². The molecule has 1 aliphatic heterocycles. The Kier molecular flexibility index (Phi) is 4.56. The molecular formula is C10H13IN2O2S. The molecule has 88 valence electrons. The molecular weight excluding hydrogens is 339 g/mol. The Balaban J connectivity index is 1.79. The Hall–Kier alpha value is -0.180. The topological polar surface area (TPSA) is 50.4 Å². The third kappa shape index (κ3) is 3.41. The number of hydrogen-bond donors (Lipinski definition) is 2. The standard InChI is InChI=1S/C10H13IN2O2S/c11-9-3-7(6-16-9)10(14)13-5-8-4-12-1-2-15-8/h3,6,8,12H,1-2,4-5H2,(H,13,14). The molecule has 0 bridgehead atoms. The maximum Gasteiger partial charge on any atom is 0.252 e. The van der Waals surface area contributed by atoms with Crippen molar-refractivity contribution >= 4 is 39.8 Å². The summed E-state index contributed by atoms with van der Waals surface area (Å²) < 4.78 is 6.62. The van der Waals surface area contributed by atoms with Crippen LogP contribution in [0.4, 0.5) is 0 Å². The fourth-order valence-corrected chi connectivity index (χ4v) is 2.82. The Labute approximate surface area is 112 Å². The van der Waals surface area contributed by atoms with Crippen molar-refractivity contribution in [2.75, 3.05) is 26.2 Å². The summed E-state index contributed by atoms with van der Waals surface area (Å²) in [4.78, 5) is 11.7. The maximum absolute atomic E-state index is 11.7. The molecule has 2 rings (SSSR count). The van der Waals surface area contributed by atoms with E-state index in [0.29, 0.717) is 6.54 Å². The van der Waals surface area contributed by atoms with E-state index < -0.39 is 0 Å². The van der Waals surface area contributed by atoms with E-state index in [0.717, 1.165) is 28.1 Å². The molecule has 0 radical (unpaired) electrons. The van der Waals surface area contributed by atoms with Gasteiger partial charge in [-0.1, -0.05) is 0 Å². The van der Waals surface area contributed by atoms with E-state index in [1.807, 2.05) is 11.4 Å². The van der Waals surface area contributed by atoms with Gasteiger partial charge in [0, 0.05) is 25.0 Å². The van der Waals surface area contributed by atoms with Crippen LogP contribution in [0.1, 0.15) is 10.4 Å². The predicted molar refractivity (Wildman–Crippen MR) is 72.0 cm³/mol. The molecule has 0 aromatic carbocycles. The number of rotatable bonds is 3. The molecule has 1 aromatic rings. The summed E-state index contributed by atoms with van der Waals surface area (Å²) in [6, 6.07) is 1.89. The Morgan fingerprint density at radius 2 is 2.62 bits per heavy atom. The molecule has 1 aliphatic rings. The minimum Gasteiger partial charge on any atom is -0.374 e. The number of halogens is 1. The summed E-state index contributed by atoms with van der Waals surface area (Å²) in [6.45, 7) is 2.99. The highest BCUT2D eigenvalue weighted by Crippen LogP contribution is 2.16. The van der Waals surface area contributed by atoms with Crippen LogP contribution in [0.3, 0.4) is 0 Å². The first-order chi connectivity index (χ1) is 7.75. The molecule has 1 atom stereocenters. The highest BCUT2D eigenvalue weighted by Gasteiger charge is 2.15. The molecule has 0 spiro atoms. The third-order valence-corrected chi connectivity index (χ3v) is 4.11. The summed E-state index contributed by atoms with van der Waals surface area (Å²) in [5, 5.41) is 7.98. The van der Waals surface area contributed by atoms with Gasteiger partial charge in [0.05, 0.1) is 21.2 Å². The molecule has 0 saturated carbocycles. The SMILES string of the molecule is O=C(NCC1CNCCO1)c1csc(I)c1. The number of hydrogen-bond acceptors (Lipinski definition) is 4. The van der Waals surface area contributed by atoms with Crippen LogP contribution in [0.25, 0.3) is 0 Å². The lowest BCUT2D eigenvalue weighted by Crippen LogP contribution is -2.45. The Morgan fingerprint density at radius 1 is 1.75 bits per heavy atom. The summed E-state index contributed by atoms with van der Waals surface area (Å²) in [6.07, 6.45) is 0.0930. The second-order valence-corrected chi connectivity index (χ2v) is 6.35. The van der Waals surface area contributed by atoms with Gasteiger partial charge >= 0.3 is 0 Å². The fourth-order valence-electron chi connectivity index (χ4n) is 1.49. The van der Waals surface area contributed by atoms with E-state index in [9.17, 15) is 4.79 Å². The monoisotopic (exact) mass is 352 g/mol. The largest absolute Gasteiger partial charge is 0.374 e. The second kappa shape index (κ2) is 5.95. The second-order valence-electron chi connectivity index (χ2n) is 3.55. The summed E-state index contributed by atoms with van der Waals surface area (Å²) in [7, 11) is 0. The number of carbonyl (C=O) groups excluding carboxylic acids is 1. The van der Waals surface area contributed by atoms with Crippen molar-refractivity contribution < 1.29 is 9.53 Å². The van der Waals surface area contributed by atoms with Gasteiger partial charge in [-0.2, -0.15) is 0 Å². The van der Waals surface area contributed by atoms with E-state index in [2.05, 4.69) is 33.2 Å². The van der Waals surface area contributed by atoms with Gasteiger partial charge in [-0.25, -0.2) is 0 Å². The van der Waals surface area contributed by atoms with Gasteiger partial charge in [0.2, 0.25) is 0 Å². The van der Waals surface area contributed by atoms with Gasteiger partial charge < -0.3 is 15.4 Å². The number of amides is 1. The zero-order valence-electron chi connectivity index (χ0n) is 8.66. The highest BCUT2D eigenvalue weighted by molar-refractivity contribution is 14.1. The highest BCUT2D eigenvalue weighted by atomic mass is 127. The zero-order valence-corrected chi connectivity index (χ0v) is 11.6. The molecule has 16 heavy (non-hydrogen) atoms. The fraction of sp³-hybridized carbons (Fsp3) is 0.500. The molecule has 6 heteroatoms. The number of nitrogens with one attached hydrogen (secondary N) is 2. The normalized spacial score (nSPS) is 20.7. The molecule has 2 heterocycles. The van der Waals surface area contributed by atoms with Gasteiger partial charge in [0.15, 0.2) is 0 Å². The van der Waals surface area contributed by atoms with E-state index >= 15 is 0 Å². The van der Waals surface area contributed by atoms with Crippen molar-refractivity contribution in [1.29, 1.82) is 0 Å². The van der Waals surface area contributed by atoms with Crippen LogP contribution < -0.4 is 10.6 Å². The summed E-state index contributed by atoms with van der Waals surface area (Å²) in [5.74, 6) is -0.0201. The number of carbonyl (C=O) groups is 1. The average Bonchev–Trinajstić information content (AvgIpc) is 2.74. The van der Waals surface area contributed by atoms with E-state index in [1.54, 1.807) is 11.3 Å². The minimum absolute atomic E-state index is 0.0201. The first kappa shape index (κ1) is 12.3.